The van der Waals surface area contributed by atoms with Crippen LogP contribution in [0.1, 0.15) is 33.6 Å². The molecule has 4 rings (SSSR count). The lowest BCUT2D eigenvalue weighted by Crippen LogP contribution is -2.10. The molecule has 4 aromatic rings. The van der Waals surface area contributed by atoms with Gasteiger partial charge in [0.2, 0.25) is 0 Å². The number of para-hydroxylation sites is 1. The highest BCUT2D eigenvalue weighted by atomic mass is 32.1. The summed E-state index contributed by atoms with van der Waals surface area (Å²) in [5, 5.41) is 3.24. The van der Waals surface area contributed by atoms with Crippen LogP contribution in [0.25, 0.3) is 10.9 Å². The van der Waals surface area contributed by atoms with Crippen molar-refractivity contribution in [2.75, 3.05) is 0 Å². The molecule has 118 valence electrons. The normalized spacial score (nSPS) is 12.4. The molecule has 0 N–H and O–H groups in total. The van der Waals surface area contributed by atoms with Crippen molar-refractivity contribution >= 4 is 28.1 Å². The Hall–Kier alpha value is -2.65. The number of aromatic nitrogens is 1. The van der Waals surface area contributed by atoms with Crippen LogP contribution in [0.2, 0.25) is 0 Å². The number of carbonyl (C=O) groups excluding carboxylic acids is 1. The topological polar surface area (TPSA) is 22.0 Å². The van der Waals surface area contributed by atoms with Crippen molar-refractivity contribution in [2.24, 2.45) is 0 Å². The summed E-state index contributed by atoms with van der Waals surface area (Å²) in [5.41, 5.74) is 2.86. The fourth-order valence-corrected chi connectivity index (χ4v) is 3.93. The molecule has 0 aliphatic carbocycles. The van der Waals surface area contributed by atoms with E-state index in [2.05, 4.69) is 30.5 Å². The number of rotatable bonds is 3. The van der Waals surface area contributed by atoms with Crippen LogP contribution in [0.3, 0.4) is 0 Å². The highest BCUT2D eigenvalue weighted by Gasteiger charge is 2.19. The quantitative estimate of drug-likeness (QED) is 0.483. The number of benzene rings is 2. The third-order valence-electron chi connectivity index (χ3n) is 4.42. The minimum absolute atomic E-state index is 0.0106. The average molecular weight is 331 g/mol. The van der Waals surface area contributed by atoms with Crippen molar-refractivity contribution in [1.29, 1.82) is 0 Å². The van der Waals surface area contributed by atoms with Crippen molar-refractivity contribution in [2.45, 2.75) is 12.8 Å². The van der Waals surface area contributed by atoms with Crippen molar-refractivity contribution in [3.8, 4) is 0 Å². The second-order valence-electron chi connectivity index (χ2n) is 5.88. The van der Waals surface area contributed by atoms with E-state index in [1.165, 1.54) is 10.4 Å². The second-order valence-corrected chi connectivity index (χ2v) is 6.86. The molecule has 0 amide bonds. The van der Waals surface area contributed by atoms with Crippen LogP contribution < -0.4 is 0 Å². The van der Waals surface area contributed by atoms with E-state index in [0.717, 1.165) is 10.9 Å². The van der Waals surface area contributed by atoms with Gasteiger partial charge in [0.05, 0.1) is 5.52 Å². The van der Waals surface area contributed by atoms with E-state index in [-0.39, 0.29) is 11.8 Å². The van der Waals surface area contributed by atoms with Crippen LogP contribution in [-0.4, -0.2) is 10.5 Å². The molecule has 0 saturated heterocycles. The number of nitrogens with zero attached hydrogens (tertiary/aromatic N) is 1. The molecule has 0 saturated carbocycles. The van der Waals surface area contributed by atoms with E-state index in [4.69, 9.17) is 0 Å². The molecule has 24 heavy (non-hydrogen) atoms. The van der Waals surface area contributed by atoms with Gasteiger partial charge in [0.15, 0.2) is 0 Å². The number of hydrogen-bond donors (Lipinski definition) is 0. The molecule has 2 aromatic heterocycles. The first kappa shape index (κ1) is 14.9. The lowest BCUT2D eigenvalue weighted by molar-refractivity contribution is 0.0965. The van der Waals surface area contributed by atoms with Gasteiger partial charge in [-0.2, -0.15) is 0 Å². The van der Waals surface area contributed by atoms with Crippen molar-refractivity contribution in [3.63, 3.8) is 0 Å². The fraction of sp³-hybridized carbons (Fsp3) is 0.0952. The van der Waals surface area contributed by atoms with E-state index in [1.807, 2.05) is 54.7 Å². The first-order valence-electron chi connectivity index (χ1n) is 7.99. The number of hydrogen-bond acceptors (Lipinski definition) is 2. The standard InChI is InChI=1S/C21H17NOS/c1-15(20-12-7-13-24-20)18-14-22(19-11-6-5-10-17(18)19)21(23)16-8-3-2-4-9-16/h2-15H,1H3. The molecule has 1 atom stereocenters. The summed E-state index contributed by atoms with van der Waals surface area (Å²) in [6.07, 6.45) is 2.00. The van der Waals surface area contributed by atoms with Crippen LogP contribution in [-0.2, 0) is 0 Å². The maximum atomic E-state index is 12.9. The summed E-state index contributed by atoms with van der Waals surface area (Å²) in [5.74, 6) is 0.274. The number of thiophene rings is 1. The molecule has 0 aliphatic rings. The minimum Gasteiger partial charge on any atom is -0.283 e. The monoisotopic (exact) mass is 331 g/mol. The van der Waals surface area contributed by atoms with Crippen LogP contribution in [0.15, 0.2) is 78.3 Å². The molecule has 2 heterocycles. The molecule has 0 radical (unpaired) electrons. The van der Waals surface area contributed by atoms with E-state index in [1.54, 1.807) is 15.9 Å². The molecule has 2 nitrogen and oxygen atoms in total. The highest BCUT2D eigenvalue weighted by Crippen LogP contribution is 2.34. The number of carbonyl (C=O) groups is 1. The summed E-state index contributed by atoms with van der Waals surface area (Å²) < 4.78 is 1.78. The van der Waals surface area contributed by atoms with Crippen molar-refractivity contribution < 1.29 is 4.79 Å². The van der Waals surface area contributed by atoms with Gasteiger partial charge in [-0.15, -0.1) is 11.3 Å². The maximum absolute atomic E-state index is 12.9. The van der Waals surface area contributed by atoms with E-state index < -0.39 is 0 Å². The molecule has 0 spiro atoms. The smallest absolute Gasteiger partial charge is 0.262 e. The third kappa shape index (κ3) is 2.47. The second kappa shape index (κ2) is 6.10. The molecular formula is C21H17NOS. The Morgan fingerprint density at radius 1 is 0.958 bits per heavy atom. The van der Waals surface area contributed by atoms with Gasteiger partial charge in [0, 0.05) is 27.9 Å². The van der Waals surface area contributed by atoms with Crippen LogP contribution in [0.5, 0.6) is 0 Å². The van der Waals surface area contributed by atoms with Crippen LogP contribution in [0.4, 0.5) is 0 Å². The SMILES string of the molecule is CC(c1cccs1)c1cn(C(=O)c2ccccc2)c2ccccc12. The first-order chi connectivity index (χ1) is 11.8. The summed E-state index contributed by atoms with van der Waals surface area (Å²) in [6.45, 7) is 2.20. The van der Waals surface area contributed by atoms with Gasteiger partial charge in [0.25, 0.3) is 5.91 Å². The molecule has 0 aliphatic heterocycles. The minimum atomic E-state index is 0.0106. The zero-order chi connectivity index (χ0) is 16.5. The maximum Gasteiger partial charge on any atom is 0.262 e. The van der Waals surface area contributed by atoms with Crippen molar-refractivity contribution in [3.05, 3.63) is 94.3 Å². The molecule has 2 aromatic carbocycles. The van der Waals surface area contributed by atoms with Crippen LogP contribution >= 0.6 is 11.3 Å². The predicted octanol–water partition coefficient (Wildman–Crippen LogP) is 5.54. The Morgan fingerprint density at radius 3 is 2.46 bits per heavy atom. The molecule has 0 fully saturated rings. The first-order valence-corrected chi connectivity index (χ1v) is 8.87. The Bertz CT molecular complexity index is 983. The summed E-state index contributed by atoms with van der Waals surface area (Å²) in [4.78, 5) is 14.3. The lowest BCUT2D eigenvalue weighted by Gasteiger charge is -2.07. The van der Waals surface area contributed by atoms with Gasteiger partial charge >= 0.3 is 0 Å². The predicted molar refractivity (Wildman–Crippen MR) is 99.9 cm³/mol. The van der Waals surface area contributed by atoms with E-state index >= 15 is 0 Å². The Labute approximate surface area is 145 Å². The number of fused-ring (bicyclic) bond motifs is 1. The Morgan fingerprint density at radius 2 is 1.71 bits per heavy atom. The Kier molecular flexibility index (Phi) is 3.79. The summed E-state index contributed by atoms with van der Waals surface area (Å²) >= 11 is 1.75. The van der Waals surface area contributed by atoms with Gasteiger partial charge in [-0.1, -0.05) is 49.4 Å². The largest absolute Gasteiger partial charge is 0.283 e. The molecule has 0 bridgehead atoms. The van der Waals surface area contributed by atoms with E-state index in [9.17, 15) is 4.79 Å². The van der Waals surface area contributed by atoms with Crippen LogP contribution in [0, 0.1) is 0 Å². The van der Waals surface area contributed by atoms with E-state index in [0.29, 0.717) is 5.56 Å². The van der Waals surface area contributed by atoms with Gasteiger partial charge in [0.1, 0.15) is 0 Å². The van der Waals surface area contributed by atoms with Crippen molar-refractivity contribution in [1.82, 2.24) is 4.57 Å². The fourth-order valence-electron chi connectivity index (χ4n) is 3.13. The summed E-state index contributed by atoms with van der Waals surface area (Å²) in [6, 6.07) is 21.8. The average Bonchev–Trinajstić information content (AvgIpc) is 3.29. The van der Waals surface area contributed by atoms with Gasteiger partial charge in [-0.05, 0) is 35.2 Å². The highest BCUT2D eigenvalue weighted by molar-refractivity contribution is 7.10. The molecular weight excluding hydrogens is 314 g/mol. The van der Waals surface area contributed by atoms with Gasteiger partial charge in [-0.25, -0.2) is 0 Å². The lowest BCUT2D eigenvalue weighted by atomic mass is 9.99. The third-order valence-corrected chi connectivity index (χ3v) is 5.47. The van der Waals surface area contributed by atoms with Gasteiger partial charge in [-0.3, -0.25) is 9.36 Å². The summed E-state index contributed by atoms with van der Waals surface area (Å²) in [7, 11) is 0. The molecule has 1 unspecified atom stereocenters. The zero-order valence-electron chi connectivity index (χ0n) is 13.3. The molecule has 3 heteroatoms. The van der Waals surface area contributed by atoms with Gasteiger partial charge < -0.3 is 0 Å². The Balaban J connectivity index is 1.87. The zero-order valence-corrected chi connectivity index (χ0v) is 14.2.